The van der Waals surface area contributed by atoms with Crippen LogP contribution in [0.25, 0.3) is 0 Å². The molecule has 1 saturated heterocycles. The summed E-state index contributed by atoms with van der Waals surface area (Å²) < 4.78 is 5.21. The second-order valence-electron chi connectivity index (χ2n) is 6.64. The summed E-state index contributed by atoms with van der Waals surface area (Å²) in [5.74, 6) is 0.962. The van der Waals surface area contributed by atoms with Gasteiger partial charge in [-0.1, -0.05) is 18.2 Å². The Hall–Kier alpha value is -2.53. The van der Waals surface area contributed by atoms with Crippen molar-refractivity contribution in [2.75, 3.05) is 50.1 Å². The lowest BCUT2D eigenvalue weighted by Gasteiger charge is -2.36. The molecule has 26 heavy (non-hydrogen) atoms. The molecule has 0 atom stereocenters. The van der Waals surface area contributed by atoms with Crippen LogP contribution in [0.15, 0.2) is 48.5 Å². The number of amides is 1. The van der Waals surface area contributed by atoms with E-state index in [0.717, 1.165) is 49.7 Å². The third kappa shape index (κ3) is 4.76. The van der Waals surface area contributed by atoms with Gasteiger partial charge in [0.2, 0.25) is 5.91 Å². The monoisotopic (exact) mass is 353 g/mol. The molecule has 0 unspecified atom stereocenters. The van der Waals surface area contributed by atoms with Crippen LogP contribution < -0.4 is 15.0 Å². The Bertz CT molecular complexity index is 722. The molecule has 0 bridgehead atoms. The predicted octanol–water partition coefficient (Wildman–Crippen LogP) is 3.15. The van der Waals surface area contributed by atoms with E-state index in [0.29, 0.717) is 6.42 Å². The Labute approximate surface area is 155 Å². The molecule has 1 heterocycles. The van der Waals surface area contributed by atoms with Crippen molar-refractivity contribution in [1.29, 1.82) is 0 Å². The maximum absolute atomic E-state index is 12.2. The minimum atomic E-state index is 0.0804. The van der Waals surface area contributed by atoms with Crippen molar-refractivity contribution in [1.82, 2.24) is 4.90 Å². The summed E-state index contributed by atoms with van der Waals surface area (Å²) in [6.07, 6.45) is 0.525. The van der Waals surface area contributed by atoms with Gasteiger partial charge in [0.05, 0.1) is 7.11 Å². The number of nitrogens with zero attached hydrogens (tertiary/aromatic N) is 2. The molecule has 138 valence electrons. The standard InChI is InChI=1S/C21H27N3O2/c1-17-5-3-4-6-20(17)22-21(25)11-12-23-13-15-24(16-14-23)18-7-9-19(26-2)10-8-18/h3-10H,11-16H2,1-2H3,(H,22,25). The fraction of sp³-hybridized carbons (Fsp3) is 0.381. The van der Waals surface area contributed by atoms with E-state index < -0.39 is 0 Å². The van der Waals surface area contributed by atoms with Crippen LogP contribution in [-0.4, -0.2) is 50.6 Å². The Morgan fingerprint density at radius 2 is 1.73 bits per heavy atom. The third-order valence-corrected chi connectivity index (χ3v) is 4.88. The maximum atomic E-state index is 12.2. The van der Waals surface area contributed by atoms with Gasteiger partial charge in [0.15, 0.2) is 0 Å². The van der Waals surface area contributed by atoms with E-state index in [4.69, 9.17) is 4.74 Å². The molecule has 2 aromatic carbocycles. The average molecular weight is 353 g/mol. The minimum absolute atomic E-state index is 0.0804. The van der Waals surface area contributed by atoms with Crippen LogP contribution >= 0.6 is 0 Å². The summed E-state index contributed by atoms with van der Waals surface area (Å²) in [7, 11) is 1.68. The molecule has 5 nitrogen and oxygen atoms in total. The number of nitrogens with one attached hydrogen (secondary N) is 1. The molecule has 1 amide bonds. The van der Waals surface area contributed by atoms with Crippen LogP contribution in [0.3, 0.4) is 0 Å². The normalized spacial score (nSPS) is 14.9. The summed E-state index contributed by atoms with van der Waals surface area (Å²) in [4.78, 5) is 16.9. The highest BCUT2D eigenvalue weighted by Crippen LogP contribution is 2.20. The number of aryl methyl sites for hydroxylation is 1. The number of piperazine rings is 1. The maximum Gasteiger partial charge on any atom is 0.225 e. The zero-order valence-corrected chi connectivity index (χ0v) is 15.6. The molecule has 1 fully saturated rings. The molecular formula is C21H27N3O2. The van der Waals surface area contributed by atoms with Gasteiger partial charge in [0, 0.05) is 50.5 Å². The van der Waals surface area contributed by atoms with Crippen molar-refractivity contribution in [2.24, 2.45) is 0 Å². The number of benzene rings is 2. The summed E-state index contributed by atoms with van der Waals surface area (Å²) >= 11 is 0. The number of carbonyl (C=O) groups excluding carboxylic acids is 1. The van der Waals surface area contributed by atoms with Crippen molar-refractivity contribution in [2.45, 2.75) is 13.3 Å². The highest BCUT2D eigenvalue weighted by atomic mass is 16.5. The lowest BCUT2D eigenvalue weighted by atomic mass is 10.2. The van der Waals surface area contributed by atoms with Crippen LogP contribution in [0.2, 0.25) is 0 Å². The van der Waals surface area contributed by atoms with Gasteiger partial charge in [-0.15, -0.1) is 0 Å². The first-order valence-corrected chi connectivity index (χ1v) is 9.12. The fourth-order valence-electron chi connectivity index (χ4n) is 3.21. The molecule has 3 rings (SSSR count). The van der Waals surface area contributed by atoms with Gasteiger partial charge in [-0.25, -0.2) is 0 Å². The minimum Gasteiger partial charge on any atom is -0.497 e. The van der Waals surface area contributed by atoms with Crippen molar-refractivity contribution in [3.63, 3.8) is 0 Å². The zero-order valence-electron chi connectivity index (χ0n) is 15.6. The molecular weight excluding hydrogens is 326 g/mol. The zero-order chi connectivity index (χ0) is 18.4. The number of anilines is 2. The van der Waals surface area contributed by atoms with Gasteiger partial charge in [0.1, 0.15) is 5.75 Å². The highest BCUT2D eigenvalue weighted by Gasteiger charge is 2.18. The molecule has 0 aliphatic carbocycles. The highest BCUT2D eigenvalue weighted by molar-refractivity contribution is 5.91. The van der Waals surface area contributed by atoms with Crippen LogP contribution in [0, 0.1) is 6.92 Å². The van der Waals surface area contributed by atoms with E-state index in [1.165, 1.54) is 5.69 Å². The summed E-state index contributed by atoms with van der Waals surface area (Å²) in [6.45, 7) is 6.72. The molecule has 1 aliphatic rings. The van der Waals surface area contributed by atoms with Gasteiger partial charge < -0.3 is 15.0 Å². The first-order valence-electron chi connectivity index (χ1n) is 9.12. The van der Waals surface area contributed by atoms with Crippen LogP contribution in [0.4, 0.5) is 11.4 Å². The molecule has 5 heteroatoms. The SMILES string of the molecule is COc1ccc(N2CCN(CCC(=O)Nc3ccccc3C)CC2)cc1. The Balaban J connectivity index is 1.42. The van der Waals surface area contributed by atoms with E-state index >= 15 is 0 Å². The first-order chi connectivity index (χ1) is 12.7. The topological polar surface area (TPSA) is 44.8 Å². The summed E-state index contributed by atoms with van der Waals surface area (Å²) in [5.41, 5.74) is 3.22. The first kappa shape index (κ1) is 18.3. The fourth-order valence-corrected chi connectivity index (χ4v) is 3.21. The number of carbonyl (C=O) groups is 1. The van der Waals surface area contributed by atoms with E-state index in [1.54, 1.807) is 7.11 Å². The van der Waals surface area contributed by atoms with Crippen LogP contribution in [-0.2, 0) is 4.79 Å². The second kappa shape index (κ2) is 8.72. The van der Waals surface area contributed by atoms with Crippen molar-refractivity contribution in [3.8, 4) is 5.75 Å². The molecule has 1 N–H and O–H groups in total. The molecule has 0 saturated carbocycles. The van der Waals surface area contributed by atoms with Crippen molar-refractivity contribution < 1.29 is 9.53 Å². The average Bonchev–Trinajstić information content (AvgIpc) is 2.69. The van der Waals surface area contributed by atoms with E-state index in [1.807, 2.05) is 43.3 Å². The quantitative estimate of drug-likeness (QED) is 0.866. The number of rotatable bonds is 6. The van der Waals surface area contributed by atoms with Crippen LogP contribution in [0.1, 0.15) is 12.0 Å². The number of ether oxygens (including phenoxy) is 1. The smallest absolute Gasteiger partial charge is 0.225 e. The van der Waals surface area contributed by atoms with E-state index in [9.17, 15) is 4.79 Å². The molecule has 1 aliphatic heterocycles. The van der Waals surface area contributed by atoms with Gasteiger partial charge in [-0.3, -0.25) is 9.69 Å². The van der Waals surface area contributed by atoms with Gasteiger partial charge in [-0.05, 0) is 42.8 Å². The molecule has 0 aromatic heterocycles. The van der Waals surface area contributed by atoms with Gasteiger partial charge in [0.25, 0.3) is 0 Å². The largest absolute Gasteiger partial charge is 0.497 e. The Morgan fingerprint density at radius 1 is 1.04 bits per heavy atom. The second-order valence-corrected chi connectivity index (χ2v) is 6.64. The lowest BCUT2D eigenvalue weighted by Crippen LogP contribution is -2.47. The summed E-state index contributed by atoms with van der Waals surface area (Å²) in [5, 5.41) is 3.01. The predicted molar refractivity (Wildman–Crippen MR) is 106 cm³/mol. The lowest BCUT2D eigenvalue weighted by molar-refractivity contribution is -0.116. The van der Waals surface area contributed by atoms with E-state index in [2.05, 4.69) is 27.2 Å². The number of para-hydroxylation sites is 1. The number of methoxy groups -OCH3 is 1. The van der Waals surface area contributed by atoms with E-state index in [-0.39, 0.29) is 5.91 Å². The van der Waals surface area contributed by atoms with Crippen LogP contribution in [0.5, 0.6) is 5.75 Å². The Kier molecular flexibility index (Phi) is 6.12. The Morgan fingerprint density at radius 3 is 2.38 bits per heavy atom. The molecule has 2 aromatic rings. The van der Waals surface area contributed by atoms with Gasteiger partial charge in [-0.2, -0.15) is 0 Å². The number of hydrogen-bond acceptors (Lipinski definition) is 4. The number of hydrogen-bond donors (Lipinski definition) is 1. The van der Waals surface area contributed by atoms with Gasteiger partial charge >= 0.3 is 0 Å². The van der Waals surface area contributed by atoms with Crippen molar-refractivity contribution >= 4 is 17.3 Å². The molecule has 0 radical (unpaired) electrons. The third-order valence-electron chi connectivity index (χ3n) is 4.88. The summed E-state index contributed by atoms with van der Waals surface area (Å²) in [6, 6.07) is 16.1. The van der Waals surface area contributed by atoms with Crippen molar-refractivity contribution in [3.05, 3.63) is 54.1 Å². The molecule has 0 spiro atoms.